The van der Waals surface area contributed by atoms with Gasteiger partial charge >= 0.3 is 0 Å². The zero-order valence-electron chi connectivity index (χ0n) is 15.3. The third kappa shape index (κ3) is 4.89. The average molecular weight is 357 g/mol. The predicted octanol–water partition coefficient (Wildman–Crippen LogP) is 2.19. The van der Waals surface area contributed by atoms with E-state index in [2.05, 4.69) is 16.2 Å². The summed E-state index contributed by atoms with van der Waals surface area (Å²) in [6, 6.07) is 10.6. The zero-order valence-corrected chi connectivity index (χ0v) is 15.3. The van der Waals surface area contributed by atoms with E-state index < -0.39 is 5.91 Å². The van der Waals surface area contributed by atoms with Crippen molar-refractivity contribution in [1.82, 2.24) is 10.9 Å². The first-order valence-electron chi connectivity index (χ1n) is 8.07. The fourth-order valence-electron chi connectivity index (χ4n) is 2.41. The Morgan fingerprint density at radius 2 is 1.65 bits per heavy atom. The fraction of sp³-hybridized carbons (Fsp3) is 0.263. The third-order valence-electron chi connectivity index (χ3n) is 3.78. The predicted molar refractivity (Wildman–Crippen MR) is 99.6 cm³/mol. The van der Waals surface area contributed by atoms with Gasteiger partial charge in [0.1, 0.15) is 0 Å². The number of benzene rings is 2. The van der Waals surface area contributed by atoms with Gasteiger partial charge in [0.05, 0.1) is 20.8 Å². The molecule has 138 valence electrons. The first-order chi connectivity index (χ1) is 12.4. The van der Waals surface area contributed by atoms with Crippen molar-refractivity contribution in [3.63, 3.8) is 0 Å². The van der Waals surface area contributed by atoms with Crippen molar-refractivity contribution in [2.24, 2.45) is 0 Å². The van der Waals surface area contributed by atoms with Gasteiger partial charge in [-0.05, 0) is 43.7 Å². The van der Waals surface area contributed by atoms with Gasteiger partial charge in [-0.1, -0.05) is 17.7 Å². The lowest BCUT2D eigenvalue weighted by Gasteiger charge is -2.12. The molecule has 2 aromatic rings. The van der Waals surface area contributed by atoms with Crippen LogP contribution in [0, 0.1) is 13.8 Å². The molecule has 0 bridgehead atoms. The van der Waals surface area contributed by atoms with Gasteiger partial charge in [-0.25, -0.2) is 0 Å². The number of hydrogen-bond acceptors (Lipinski definition) is 5. The summed E-state index contributed by atoms with van der Waals surface area (Å²) in [5.74, 6) is 0.137. The lowest BCUT2D eigenvalue weighted by molar-refractivity contribution is -0.120. The van der Waals surface area contributed by atoms with Crippen molar-refractivity contribution in [1.29, 1.82) is 0 Å². The summed E-state index contributed by atoms with van der Waals surface area (Å²) in [5.41, 5.74) is 8.16. The Balaban J connectivity index is 1.87. The summed E-state index contributed by atoms with van der Waals surface area (Å²) in [6.07, 6.45) is 0. The number of carbonyl (C=O) groups excluding carboxylic acids is 2. The summed E-state index contributed by atoms with van der Waals surface area (Å²) in [6.45, 7) is 4.01. The summed E-state index contributed by atoms with van der Waals surface area (Å²) < 4.78 is 10.3. The molecule has 0 aliphatic heterocycles. The summed E-state index contributed by atoms with van der Waals surface area (Å²) in [7, 11) is 3.00. The van der Waals surface area contributed by atoms with Crippen molar-refractivity contribution < 1.29 is 19.1 Å². The molecule has 2 rings (SSSR count). The van der Waals surface area contributed by atoms with E-state index in [1.807, 2.05) is 32.0 Å². The molecule has 0 heterocycles. The Morgan fingerprint density at radius 1 is 0.923 bits per heavy atom. The van der Waals surface area contributed by atoms with Gasteiger partial charge < -0.3 is 14.8 Å². The highest BCUT2D eigenvalue weighted by atomic mass is 16.5. The van der Waals surface area contributed by atoms with Gasteiger partial charge in [-0.15, -0.1) is 0 Å². The molecule has 7 heteroatoms. The van der Waals surface area contributed by atoms with Crippen LogP contribution in [0.2, 0.25) is 0 Å². The van der Waals surface area contributed by atoms with Gasteiger partial charge in [-0.2, -0.15) is 0 Å². The summed E-state index contributed by atoms with van der Waals surface area (Å²) in [5, 5.41) is 3.04. The first kappa shape index (κ1) is 19.1. The Morgan fingerprint density at radius 3 is 2.31 bits per heavy atom. The zero-order chi connectivity index (χ0) is 19.1. The standard InChI is InChI=1S/C19H23N3O4/c1-12-5-7-15(13(2)9-12)20-11-18(23)21-22-19(24)14-6-8-16(25-3)17(10-14)26-4/h5-10,20H,11H2,1-4H3,(H,21,23)(H,22,24). The molecule has 0 spiro atoms. The highest BCUT2D eigenvalue weighted by Crippen LogP contribution is 2.27. The number of ether oxygens (including phenoxy) is 2. The van der Waals surface area contributed by atoms with Crippen LogP contribution in [0.25, 0.3) is 0 Å². The first-order valence-corrected chi connectivity index (χ1v) is 8.07. The van der Waals surface area contributed by atoms with E-state index in [0.717, 1.165) is 16.8 Å². The number of carbonyl (C=O) groups is 2. The molecule has 0 saturated carbocycles. The monoisotopic (exact) mass is 357 g/mol. The Bertz CT molecular complexity index is 805. The fourth-order valence-corrected chi connectivity index (χ4v) is 2.41. The van der Waals surface area contributed by atoms with Crippen LogP contribution in [0.3, 0.4) is 0 Å². The second-order valence-corrected chi connectivity index (χ2v) is 5.74. The molecule has 0 aromatic heterocycles. The Labute approximate surface area is 152 Å². The normalized spacial score (nSPS) is 10.0. The van der Waals surface area contributed by atoms with Gasteiger partial charge in [-0.3, -0.25) is 20.4 Å². The minimum Gasteiger partial charge on any atom is -0.493 e. The van der Waals surface area contributed by atoms with Crippen molar-refractivity contribution in [2.45, 2.75) is 13.8 Å². The largest absolute Gasteiger partial charge is 0.493 e. The number of hydrazine groups is 1. The number of rotatable bonds is 6. The van der Waals surface area contributed by atoms with E-state index in [1.165, 1.54) is 20.3 Å². The Kier molecular flexibility index (Phi) is 6.43. The van der Waals surface area contributed by atoms with E-state index >= 15 is 0 Å². The molecule has 0 unspecified atom stereocenters. The molecule has 26 heavy (non-hydrogen) atoms. The smallest absolute Gasteiger partial charge is 0.269 e. The quantitative estimate of drug-likeness (QED) is 0.690. The van der Waals surface area contributed by atoms with Crippen molar-refractivity contribution >= 4 is 17.5 Å². The van der Waals surface area contributed by atoms with Crippen molar-refractivity contribution in [3.05, 3.63) is 53.1 Å². The van der Waals surface area contributed by atoms with Crippen molar-refractivity contribution in [3.8, 4) is 11.5 Å². The molecule has 2 aromatic carbocycles. The van der Waals surface area contributed by atoms with Crippen LogP contribution in [-0.2, 0) is 4.79 Å². The number of hydrogen-bond donors (Lipinski definition) is 3. The number of amides is 2. The molecule has 0 radical (unpaired) electrons. The third-order valence-corrected chi connectivity index (χ3v) is 3.78. The van der Waals surface area contributed by atoms with E-state index in [-0.39, 0.29) is 12.5 Å². The van der Waals surface area contributed by atoms with Gasteiger partial charge in [0.15, 0.2) is 11.5 Å². The van der Waals surface area contributed by atoms with Crippen LogP contribution in [0.4, 0.5) is 5.69 Å². The minimum atomic E-state index is -0.453. The van der Waals surface area contributed by atoms with E-state index in [0.29, 0.717) is 17.1 Å². The molecule has 0 saturated heterocycles. The minimum absolute atomic E-state index is 0.0378. The molecule has 0 aliphatic carbocycles. The topological polar surface area (TPSA) is 88.7 Å². The molecule has 0 fully saturated rings. The second-order valence-electron chi connectivity index (χ2n) is 5.74. The summed E-state index contributed by atoms with van der Waals surface area (Å²) in [4.78, 5) is 24.1. The van der Waals surface area contributed by atoms with Crippen LogP contribution < -0.4 is 25.6 Å². The maximum Gasteiger partial charge on any atom is 0.269 e. The van der Waals surface area contributed by atoms with Crippen LogP contribution in [0.5, 0.6) is 11.5 Å². The van der Waals surface area contributed by atoms with Crippen molar-refractivity contribution in [2.75, 3.05) is 26.1 Å². The molecular formula is C19H23N3O4. The maximum absolute atomic E-state index is 12.1. The van der Waals surface area contributed by atoms with Crippen LogP contribution in [-0.4, -0.2) is 32.6 Å². The molecule has 7 nitrogen and oxygen atoms in total. The van der Waals surface area contributed by atoms with Crippen LogP contribution >= 0.6 is 0 Å². The van der Waals surface area contributed by atoms with E-state index in [4.69, 9.17) is 9.47 Å². The molecular weight excluding hydrogens is 334 g/mol. The van der Waals surface area contributed by atoms with E-state index in [1.54, 1.807) is 12.1 Å². The van der Waals surface area contributed by atoms with Gasteiger partial charge in [0.25, 0.3) is 11.8 Å². The average Bonchev–Trinajstić information content (AvgIpc) is 2.64. The molecule has 0 aliphatic rings. The van der Waals surface area contributed by atoms with E-state index in [9.17, 15) is 9.59 Å². The number of nitrogens with one attached hydrogen (secondary N) is 3. The molecule has 2 amide bonds. The van der Waals surface area contributed by atoms with Gasteiger partial charge in [0, 0.05) is 11.3 Å². The van der Waals surface area contributed by atoms with Gasteiger partial charge in [0.2, 0.25) is 0 Å². The number of anilines is 1. The van der Waals surface area contributed by atoms with Crippen LogP contribution in [0.1, 0.15) is 21.5 Å². The highest BCUT2D eigenvalue weighted by Gasteiger charge is 2.11. The SMILES string of the molecule is COc1ccc(C(=O)NNC(=O)CNc2ccc(C)cc2C)cc1OC. The highest BCUT2D eigenvalue weighted by molar-refractivity contribution is 5.96. The Hall–Kier alpha value is -3.22. The number of aryl methyl sites for hydroxylation is 2. The number of methoxy groups -OCH3 is 2. The lowest BCUT2D eigenvalue weighted by Crippen LogP contribution is -2.44. The maximum atomic E-state index is 12.1. The molecule has 3 N–H and O–H groups in total. The summed E-state index contributed by atoms with van der Waals surface area (Å²) >= 11 is 0. The lowest BCUT2D eigenvalue weighted by atomic mass is 10.1. The van der Waals surface area contributed by atoms with Crippen LogP contribution in [0.15, 0.2) is 36.4 Å². The molecule has 0 atom stereocenters. The second kappa shape index (κ2) is 8.75.